The third-order valence-electron chi connectivity index (χ3n) is 4.32. The maximum absolute atomic E-state index is 6.28. The van der Waals surface area contributed by atoms with Crippen molar-refractivity contribution in [1.82, 2.24) is 14.5 Å². The number of nitrogens with zero attached hydrogens (tertiary/aromatic N) is 3. The molecule has 3 heterocycles. The van der Waals surface area contributed by atoms with Gasteiger partial charge in [-0.25, -0.2) is 4.98 Å². The number of rotatable bonds is 1. The second kappa shape index (κ2) is 4.83. The van der Waals surface area contributed by atoms with Gasteiger partial charge in [0.05, 0.1) is 11.9 Å². The first-order chi connectivity index (χ1) is 8.66. The molecule has 0 saturated carbocycles. The zero-order valence-corrected chi connectivity index (χ0v) is 11.7. The average Bonchev–Trinajstić information content (AvgIpc) is 2.70. The lowest BCUT2D eigenvalue weighted by molar-refractivity contribution is 0.244. The molecule has 0 aliphatic carbocycles. The second-order valence-corrected chi connectivity index (χ2v) is 5.97. The molecule has 2 aliphatic heterocycles. The topological polar surface area (TPSA) is 47.1 Å². The summed E-state index contributed by atoms with van der Waals surface area (Å²) >= 11 is 6.28. The second-order valence-electron chi connectivity index (χ2n) is 5.61. The average molecular weight is 269 g/mol. The quantitative estimate of drug-likeness (QED) is 0.849. The van der Waals surface area contributed by atoms with Crippen LogP contribution in [0.4, 0.5) is 0 Å². The minimum absolute atomic E-state index is 0.0726. The molecule has 2 N–H and O–H groups in total. The summed E-state index contributed by atoms with van der Waals surface area (Å²) in [4.78, 5) is 6.99. The van der Waals surface area contributed by atoms with Gasteiger partial charge in [0.2, 0.25) is 0 Å². The third-order valence-corrected chi connectivity index (χ3v) is 4.62. The zero-order chi connectivity index (χ0) is 12.7. The van der Waals surface area contributed by atoms with E-state index in [1.165, 1.54) is 0 Å². The molecule has 0 bridgehead atoms. The SMILES string of the molecule is CN1CCC(c2nc(Cl)c3n2C(N)CCC3)CC1. The number of hydrogen-bond donors (Lipinski definition) is 1. The van der Waals surface area contributed by atoms with Gasteiger partial charge in [-0.3, -0.25) is 0 Å². The summed E-state index contributed by atoms with van der Waals surface area (Å²) in [5, 5.41) is 0.680. The molecule has 1 atom stereocenters. The van der Waals surface area contributed by atoms with Gasteiger partial charge < -0.3 is 15.2 Å². The Labute approximate surface area is 113 Å². The fraction of sp³-hybridized carbons (Fsp3) is 0.769. The van der Waals surface area contributed by atoms with Crippen molar-refractivity contribution in [2.24, 2.45) is 5.73 Å². The van der Waals surface area contributed by atoms with Crippen LogP contribution in [0, 0.1) is 0 Å². The summed E-state index contributed by atoms with van der Waals surface area (Å²) in [5.74, 6) is 1.66. The van der Waals surface area contributed by atoms with E-state index in [0.29, 0.717) is 11.1 Å². The van der Waals surface area contributed by atoms with E-state index in [0.717, 1.165) is 56.7 Å². The Kier molecular flexibility index (Phi) is 3.34. The van der Waals surface area contributed by atoms with Crippen LogP contribution in [0.3, 0.4) is 0 Å². The van der Waals surface area contributed by atoms with Gasteiger partial charge in [0.25, 0.3) is 0 Å². The molecule has 5 heteroatoms. The van der Waals surface area contributed by atoms with Gasteiger partial charge in [0.1, 0.15) is 5.82 Å². The van der Waals surface area contributed by atoms with Gasteiger partial charge in [0, 0.05) is 5.92 Å². The van der Waals surface area contributed by atoms with Gasteiger partial charge in [0.15, 0.2) is 5.15 Å². The molecule has 0 amide bonds. The van der Waals surface area contributed by atoms with E-state index in [2.05, 4.69) is 21.5 Å². The third kappa shape index (κ3) is 2.06. The van der Waals surface area contributed by atoms with Crippen molar-refractivity contribution in [3.63, 3.8) is 0 Å². The lowest BCUT2D eigenvalue weighted by Gasteiger charge is -2.31. The fourth-order valence-electron chi connectivity index (χ4n) is 3.21. The van der Waals surface area contributed by atoms with Crippen LogP contribution < -0.4 is 5.73 Å². The van der Waals surface area contributed by atoms with Crippen LogP contribution in [-0.2, 0) is 6.42 Å². The summed E-state index contributed by atoms with van der Waals surface area (Å²) in [7, 11) is 2.18. The molecule has 1 unspecified atom stereocenters. The molecule has 1 fully saturated rings. The Hall–Kier alpha value is -0.580. The summed E-state index contributed by atoms with van der Waals surface area (Å²) in [6.07, 6.45) is 5.58. The van der Waals surface area contributed by atoms with E-state index in [9.17, 15) is 0 Å². The van der Waals surface area contributed by atoms with Crippen molar-refractivity contribution in [2.45, 2.75) is 44.2 Å². The number of fused-ring (bicyclic) bond motifs is 1. The van der Waals surface area contributed by atoms with Crippen molar-refractivity contribution in [3.05, 3.63) is 16.7 Å². The smallest absolute Gasteiger partial charge is 0.150 e. The van der Waals surface area contributed by atoms with Gasteiger partial charge >= 0.3 is 0 Å². The molecule has 0 radical (unpaired) electrons. The first-order valence-corrected chi connectivity index (χ1v) is 7.25. The fourth-order valence-corrected chi connectivity index (χ4v) is 3.48. The minimum atomic E-state index is 0.0726. The number of piperidine rings is 1. The highest BCUT2D eigenvalue weighted by Crippen LogP contribution is 2.35. The van der Waals surface area contributed by atoms with E-state index in [-0.39, 0.29) is 6.17 Å². The highest BCUT2D eigenvalue weighted by Gasteiger charge is 2.29. The van der Waals surface area contributed by atoms with E-state index in [1.54, 1.807) is 0 Å². The van der Waals surface area contributed by atoms with Crippen molar-refractivity contribution in [1.29, 1.82) is 0 Å². The highest BCUT2D eigenvalue weighted by atomic mass is 35.5. The molecule has 0 aromatic carbocycles. The Morgan fingerprint density at radius 1 is 1.28 bits per heavy atom. The molecule has 0 spiro atoms. The van der Waals surface area contributed by atoms with Crippen molar-refractivity contribution in [3.8, 4) is 0 Å². The predicted octanol–water partition coefficient (Wildman–Crippen LogP) is 2.14. The van der Waals surface area contributed by atoms with E-state index < -0.39 is 0 Å². The molecule has 3 rings (SSSR count). The van der Waals surface area contributed by atoms with Crippen molar-refractivity contribution < 1.29 is 0 Å². The van der Waals surface area contributed by atoms with Crippen molar-refractivity contribution in [2.75, 3.05) is 20.1 Å². The van der Waals surface area contributed by atoms with Crippen LogP contribution in [0.1, 0.15) is 49.3 Å². The first kappa shape index (κ1) is 12.5. The molecule has 100 valence electrons. The van der Waals surface area contributed by atoms with Gasteiger partial charge in [-0.1, -0.05) is 11.6 Å². The van der Waals surface area contributed by atoms with Crippen LogP contribution in [-0.4, -0.2) is 34.6 Å². The molecule has 1 saturated heterocycles. The molecule has 1 aromatic rings. The Balaban J connectivity index is 1.92. The van der Waals surface area contributed by atoms with Crippen LogP contribution >= 0.6 is 11.6 Å². The lowest BCUT2D eigenvalue weighted by atomic mass is 9.95. The predicted molar refractivity (Wildman–Crippen MR) is 72.9 cm³/mol. The lowest BCUT2D eigenvalue weighted by Crippen LogP contribution is -2.32. The molecule has 18 heavy (non-hydrogen) atoms. The summed E-state index contributed by atoms with van der Waals surface area (Å²) in [6.45, 7) is 2.28. The number of likely N-dealkylation sites (tertiary alicyclic amines) is 1. The molecule has 2 aliphatic rings. The first-order valence-electron chi connectivity index (χ1n) is 6.87. The Morgan fingerprint density at radius 3 is 2.72 bits per heavy atom. The molecule has 1 aromatic heterocycles. The number of nitrogens with two attached hydrogens (primary N) is 1. The van der Waals surface area contributed by atoms with Crippen molar-refractivity contribution >= 4 is 11.6 Å². The standard InChI is InChI=1S/C13H21ClN4/c1-17-7-5-9(6-8-17)13-16-12(14)10-3-2-4-11(15)18(10)13/h9,11H,2-8,15H2,1H3. The minimum Gasteiger partial charge on any atom is -0.314 e. The van der Waals surface area contributed by atoms with E-state index in [4.69, 9.17) is 17.3 Å². The highest BCUT2D eigenvalue weighted by molar-refractivity contribution is 6.30. The summed E-state index contributed by atoms with van der Waals surface area (Å²) < 4.78 is 2.22. The molecular weight excluding hydrogens is 248 g/mol. The summed E-state index contributed by atoms with van der Waals surface area (Å²) in [5.41, 5.74) is 7.41. The maximum Gasteiger partial charge on any atom is 0.150 e. The maximum atomic E-state index is 6.28. The largest absolute Gasteiger partial charge is 0.314 e. The zero-order valence-electron chi connectivity index (χ0n) is 10.9. The van der Waals surface area contributed by atoms with Gasteiger partial charge in [-0.2, -0.15) is 0 Å². The van der Waals surface area contributed by atoms with Crippen LogP contribution in [0.2, 0.25) is 5.15 Å². The van der Waals surface area contributed by atoms with E-state index in [1.807, 2.05) is 0 Å². The van der Waals surface area contributed by atoms with Crippen LogP contribution in [0.15, 0.2) is 0 Å². The number of aromatic nitrogens is 2. The van der Waals surface area contributed by atoms with Crippen LogP contribution in [0.25, 0.3) is 0 Å². The van der Waals surface area contributed by atoms with Gasteiger partial charge in [-0.15, -0.1) is 0 Å². The number of halogens is 1. The van der Waals surface area contributed by atoms with E-state index >= 15 is 0 Å². The van der Waals surface area contributed by atoms with Gasteiger partial charge in [-0.05, 0) is 52.2 Å². The monoisotopic (exact) mass is 268 g/mol. The summed E-state index contributed by atoms with van der Waals surface area (Å²) in [6, 6.07) is 0. The Bertz CT molecular complexity index is 434. The normalized spacial score (nSPS) is 26.3. The Morgan fingerprint density at radius 2 is 2.00 bits per heavy atom. The number of hydrogen-bond acceptors (Lipinski definition) is 3. The molecule has 4 nitrogen and oxygen atoms in total. The molecular formula is C13H21ClN4. The number of imidazole rings is 1. The van der Waals surface area contributed by atoms with Crippen LogP contribution in [0.5, 0.6) is 0 Å².